The Hall–Kier alpha value is -5.45. The highest BCUT2D eigenvalue weighted by Gasteiger charge is 2.21. The van der Waals surface area contributed by atoms with E-state index in [1.165, 1.54) is 20.2 Å². The predicted octanol–water partition coefficient (Wildman–Crippen LogP) is 2.70. The first-order chi connectivity index (χ1) is 18.7. The molecule has 0 saturated carbocycles. The molecule has 11 heteroatoms. The van der Waals surface area contributed by atoms with Crippen molar-refractivity contribution in [3.05, 3.63) is 105 Å². The van der Waals surface area contributed by atoms with Crippen LogP contribution in [0.15, 0.2) is 86.9 Å². The molecule has 39 heavy (non-hydrogen) atoms. The number of Topliss-reactive ketones (excluding diaryl/α,β-unsaturated/α-hetero) is 1. The topological polar surface area (TPSA) is 144 Å². The second-order valence-corrected chi connectivity index (χ2v) is 8.69. The number of nitrogens with two attached hydrogens (primary N) is 1. The Bertz CT molecular complexity index is 1840. The van der Waals surface area contributed by atoms with Gasteiger partial charge in [-0.25, -0.2) is 14.3 Å². The van der Waals surface area contributed by atoms with Crippen LogP contribution in [-0.2, 0) is 23.6 Å². The number of aromatic nitrogens is 4. The van der Waals surface area contributed by atoms with E-state index in [4.69, 9.17) is 14.9 Å². The Balaban J connectivity index is 1.40. The summed E-state index contributed by atoms with van der Waals surface area (Å²) in [6, 6.07) is 18.8. The number of rotatable bonds is 7. The van der Waals surface area contributed by atoms with Crippen molar-refractivity contribution in [3.63, 3.8) is 0 Å². The fourth-order valence-corrected chi connectivity index (χ4v) is 4.05. The second-order valence-electron chi connectivity index (χ2n) is 8.69. The smallest absolute Gasteiger partial charge is 0.332 e. The van der Waals surface area contributed by atoms with Crippen molar-refractivity contribution >= 4 is 34.6 Å². The summed E-state index contributed by atoms with van der Waals surface area (Å²) in [5, 5.41) is 5.57. The maximum Gasteiger partial charge on any atom is 0.332 e. The molecule has 0 unspecified atom stereocenters. The van der Waals surface area contributed by atoms with Gasteiger partial charge in [-0.05, 0) is 30.3 Å². The zero-order valence-corrected chi connectivity index (χ0v) is 21.0. The first kappa shape index (κ1) is 25.2. The second kappa shape index (κ2) is 10.1. The van der Waals surface area contributed by atoms with Gasteiger partial charge in [-0.3, -0.25) is 18.7 Å². The molecule has 0 amide bonds. The average molecular weight is 526 g/mol. The molecular weight excluding hydrogens is 502 g/mol. The van der Waals surface area contributed by atoms with Crippen LogP contribution in [0.2, 0.25) is 0 Å². The number of benzene rings is 2. The van der Waals surface area contributed by atoms with Gasteiger partial charge in [0.15, 0.2) is 12.4 Å². The van der Waals surface area contributed by atoms with Crippen molar-refractivity contribution in [3.8, 4) is 17.1 Å². The summed E-state index contributed by atoms with van der Waals surface area (Å²) >= 11 is 0. The Morgan fingerprint density at radius 1 is 1.03 bits per heavy atom. The molecule has 0 aliphatic heterocycles. The Morgan fingerprint density at radius 3 is 2.49 bits per heavy atom. The summed E-state index contributed by atoms with van der Waals surface area (Å²) in [7, 11) is 2.56. The predicted molar refractivity (Wildman–Crippen MR) is 144 cm³/mol. The van der Waals surface area contributed by atoms with Crippen LogP contribution in [0, 0.1) is 0 Å². The van der Waals surface area contributed by atoms with Crippen molar-refractivity contribution in [1.29, 1.82) is 0 Å². The largest absolute Gasteiger partial charge is 0.454 e. The zero-order valence-electron chi connectivity index (χ0n) is 21.0. The molecular formula is C28H23N5O6. The van der Waals surface area contributed by atoms with E-state index in [0.717, 1.165) is 26.3 Å². The van der Waals surface area contributed by atoms with Gasteiger partial charge in [-0.15, -0.1) is 0 Å². The number of carbonyl (C=O) groups excluding carboxylic acids is 2. The third kappa shape index (κ3) is 4.80. The molecule has 0 fully saturated rings. The number of esters is 1. The number of nitrogen functional groups attached to an aromatic ring is 1. The molecule has 5 rings (SSSR count). The number of hydrogen-bond donors (Lipinski definition) is 1. The molecule has 0 spiro atoms. The highest BCUT2D eigenvalue weighted by atomic mass is 16.5. The van der Waals surface area contributed by atoms with Gasteiger partial charge in [0.05, 0.1) is 5.69 Å². The van der Waals surface area contributed by atoms with Crippen LogP contribution >= 0.6 is 0 Å². The molecule has 0 aliphatic rings. The third-order valence-corrected chi connectivity index (χ3v) is 6.16. The number of anilines is 1. The minimum absolute atomic E-state index is 0.302. The molecule has 0 saturated heterocycles. The highest BCUT2D eigenvalue weighted by molar-refractivity contribution is 6.02. The monoisotopic (exact) mass is 525 g/mol. The molecule has 196 valence electrons. The third-order valence-electron chi connectivity index (χ3n) is 6.16. The summed E-state index contributed by atoms with van der Waals surface area (Å²) in [6.07, 6.45) is 4.39. The van der Waals surface area contributed by atoms with E-state index >= 15 is 0 Å². The van der Waals surface area contributed by atoms with Crippen LogP contribution in [0.4, 0.5) is 5.82 Å². The van der Waals surface area contributed by atoms with Gasteiger partial charge >= 0.3 is 11.7 Å². The highest BCUT2D eigenvalue weighted by Crippen LogP contribution is 2.30. The Kier molecular flexibility index (Phi) is 6.55. The molecule has 0 radical (unpaired) electrons. The lowest BCUT2D eigenvalue weighted by Gasteiger charge is -2.10. The van der Waals surface area contributed by atoms with Gasteiger partial charge in [-0.1, -0.05) is 36.4 Å². The number of carbonyl (C=O) groups is 2. The molecule has 5 aromatic rings. The quantitative estimate of drug-likeness (QED) is 0.194. The van der Waals surface area contributed by atoms with Gasteiger partial charge in [0.1, 0.15) is 22.7 Å². The van der Waals surface area contributed by atoms with E-state index in [-0.39, 0.29) is 5.82 Å². The van der Waals surface area contributed by atoms with Crippen LogP contribution in [0.25, 0.3) is 34.2 Å². The van der Waals surface area contributed by atoms with Gasteiger partial charge in [0.25, 0.3) is 5.56 Å². The molecule has 3 heterocycles. The van der Waals surface area contributed by atoms with Crippen LogP contribution in [0.5, 0.6) is 0 Å². The summed E-state index contributed by atoms with van der Waals surface area (Å²) in [6.45, 7) is -0.736. The maximum atomic E-state index is 12.6. The number of hydrogen-bond acceptors (Lipinski definition) is 8. The average Bonchev–Trinajstić information content (AvgIpc) is 3.58. The fourth-order valence-electron chi connectivity index (χ4n) is 4.05. The van der Waals surface area contributed by atoms with Crippen molar-refractivity contribution < 1.29 is 18.7 Å². The normalized spacial score (nSPS) is 11.3. The molecule has 2 N–H and O–H groups in total. The van der Waals surface area contributed by atoms with E-state index in [0.29, 0.717) is 22.6 Å². The molecule has 0 bridgehead atoms. The van der Waals surface area contributed by atoms with Crippen LogP contribution in [-0.4, -0.2) is 37.3 Å². The van der Waals surface area contributed by atoms with Gasteiger partial charge in [0.2, 0.25) is 5.78 Å². The van der Waals surface area contributed by atoms with Crippen LogP contribution in [0.3, 0.4) is 0 Å². The minimum atomic E-state index is -0.865. The van der Waals surface area contributed by atoms with E-state index in [2.05, 4.69) is 5.10 Å². The maximum absolute atomic E-state index is 12.6. The van der Waals surface area contributed by atoms with E-state index < -0.39 is 35.2 Å². The van der Waals surface area contributed by atoms with Crippen LogP contribution in [0.1, 0.15) is 15.9 Å². The molecule has 0 aliphatic carbocycles. The number of ketones is 1. The SMILES string of the molecule is Cn1c(N)c(C(=O)COC(=O)/C=C/c2cn(-c3ccccc3)nc2-c2cc3ccccc3o2)c(=O)n(C)c1=O. The van der Waals surface area contributed by atoms with Crippen molar-refractivity contribution in [2.45, 2.75) is 0 Å². The van der Waals surface area contributed by atoms with E-state index in [9.17, 15) is 19.2 Å². The van der Waals surface area contributed by atoms with Crippen molar-refractivity contribution in [2.24, 2.45) is 14.1 Å². The summed E-state index contributed by atoms with van der Waals surface area (Å²) in [5.41, 5.74) is 6.40. The number of nitrogens with zero attached hydrogens (tertiary/aromatic N) is 4. The van der Waals surface area contributed by atoms with Gasteiger partial charge in [0, 0.05) is 37.3 Å². The number of fused-ring (bicyclic) bond motifs is 1. The lowest BCUT2D eigenvalue weighted by atomic mass is 10.2. The Morgan fingerprint density at radius 2 is 1.74 bits per heavy atom. The van der Waals surface area contributed by atoms with Gasteiger partial charge in [-0.2, -0.15) is 5.10 Å². The summed E-state index contributed by atoms with van der Waals surface area (Å²) < 4.78 is 14.5. The van der Waals surface area contributed by atoms with Crippen LogP contribution < -0.4 is 17.0 Å². The number of para-hydroxylation sites is 2. The first-order valence-corrected chi connectivity index (χ1v) is 11.8. The standard InChI is InChI=1S/C28H23N5O6/c1-31-26(29)24(27(36)32(2)28(31)37)20(34)16-38-23(35)13-12-18-15-33(19-9-4-3-5-10-19)30-25(18)22-14-17-8-6-7-11-21(17)39-22/h3-15H,16,29H2,1-2H3/b13-12+. The number of ether oxygens (including phenoxy) is 1. The molecule has 3 aromatic heterocycles. The lowest BCUT2D eigenvalue weighted by Crippen LogP contribution is -2.42. The van der Waals surface area contributed by atoms with Gasteiger partial charge < -0.3 is 14.9 Å². The summed E-state index contributed by atoms with van der Waals surface area (Å²) in [4.78, 5) is 49.5. The van der Waals surface area contributed by atoms with Crippen molar-refractivity contribution in [1.82, 2.24) is 18.9 Å². The van der Waals surface area contributed by atoms with E-state index in [1.807, 2.05) is 60.7 Å². The summed E-state index contributed by atoms with van der Waals surface area (Å²) in [5.74, 6) is -1.45. The molecule has 2 aromatic carbocycles. The zero-order chi connectivity index (χ0) is 27.7. The first-order valence-electron chi connectivity index (χ1n) is 11.8. The number of furan rings is 1. The minimum Gasteiger partial charge on any atom is -0.454 e. The Labute approximate surface area is 221 Å². The lowest BCUT2D eigenvalue weighted by molar-refractivity contribution is -0.136. The van der Waals surface area contributed by atoms with Crippen molar-refractivity contribution in [2.75, 3.05) is 12.3 Å². The van der Waals surface area contributed by atoms with E-state index in [1.54, 1.807) is 10.9 Å². The molecule has 0 atom stereocenters. The fraction of sp³-hybridized carbons (Fsp3) is 0.107. The molecule has 11 nitrogen and oxygen atoms in total.